The lowest BCUT2D eigenvalue weighted by Crippen LogP contribution is -2.45. The molecule has 25 heavy (non-hydrogen) atoms. The average Bonchev–Trinajstić information content (AvgIpc) is 2.46. The number of carbonyl (C=O) groups excluding carboxylic acids is 3. The number of hydrogen-bond donors (Lipinski definition) is 2. The molecule has 0 atom stereocenters. The van der Waals surface area contributed by atoms with Crippen LogP contribution in [-0.4, -0.2) is 47.3 Å². The number of rotatable bonds is 12. The van der Waals surface area contributed by atoms with E-state index >= 15 is 0 Å². The molecule has 0 spiro atoms. The first-order chi connectivity index (χ1) is 11.4. The summed E-state index contributed by atoms with van der Waals surface area (Å²) < 4.78 is 6.50. The van der Waals surface area contributed by atoms with Crippen molar-refractivity contribution in [3.8, 4) is 0 Å². The van der Waals surface area contributed by atoms with E-state index in [0.29, 0.717) is 18.7 Å². The van der Waals surface area contributed by atoms with Gasteiger partial charge in [0.25, 0.3) is 5.91 Å². The summed E-state index contributed by atoms with van der Waals surface area (Å²) in [7, 11) is -3.61. The quantitative estimate of drug-likeness (QED) is 0.234. The maximum Gasteiger partial charge on any atom is 0.287 e. The minimum atomic E-state index is -1.81. The summed E-state index contributed by atoms with van der Waals surface area (Å²) in [6.45, 7) is 16.5. The van der Waals surface area contributed by atoms with E-state index in [0.717, 1.165) is 24.9 Å². The third kappa shape index (κ3) is 11.8. The van der Waals surface area contributed by atoms with Gasteiger partial charge in [0.2, 0.25) is 11.7 Å². The van der Waals surface area contributed by atoms with E-state index in [1.165, 1.54) is 6.92 Å². The van der Waals surface area contributed by atoms with Gasteiger partial charge in [0.15, 0.2) is 16.6 Å². The standard InChI is InChI=1S/C17H34N2O4Si2/c1-14(2)16(21)18-10-8-12-24(4,5)23-25(6,7)13-9-11-19-17(22)15(3)20/h1,8-13H2,2-7H3,(H,18,21)(H,19,22). The second kappa shape index (κ2) is 10.7. The molecule has 0 aromatic rings. The summed E-state index contributed by atoms with van der Waals surface area (Å²) in [6.07, 6.45) is 1.72. The van der Waals surface area contributed by atoms with E-state index in [1.807, 2.05) is 0 Å². The summed E-state index contributed by atoms with van der Waals surface area (Å²) in [5, 5.41) is 5.47. The molecule has 2 amide bonds. The Morgan fingerprint density at radius 1 is 0.840 bits per heavy atom. The number of amides is 2. The van der Waals surface area contributed by atoms with E-state index in [9.17, 15) is 14.4 Å². The molecular formula is C17H34N2O4Si2. The van der Waals surface area contributed by atoms with Crippen molar-refractivity contribution in [3.63, 3.8) is 0 Å². The number of hydrogen-bond acceptors (Lipinski definition) is 4. The molecule has 0 aromatic carbocycles. The minimum Gasteiger partial charge on any atom is -0.455 e. The van der Waals surface area contributed by atoms with Crippen LogP contribution in [0.2, 0.25) is 38.3 Å². The molecule has 0 aromatic heterocycles. The van der Waals surface area contributed by atoms with E-state index < -0.39 is 28.3 Å². The van der Waals surface area contributed by atoms with Crippen LogP contribution in [0, 0.1) is 0 Å². The third-order valence-electron chi connectivity index (χ3n) is 3.74. The Balaban J connectivity index is 4.14. The molecule has 0 aliphatic carbocycles. The molecule has 0 fully saturated rings. The Morgan fingerprint density at radius 3 is 1.60 bits per heavy atom. The molecular weight excluding hydrogens is 352 g/mol. The third-order valence-corrected chi connectivity index (χ3v) is 11.3. The molecule has 0 aliphatic heterocycles. The Kier molecular flexibility index (Phi) is 10.1. The van der Waals surface area contributed by atoms with E-state index in [4.69, 9.17) is 4.12 Å². The normalized spacial score (nSPS) is 11.8. The van der Waals surface area contributed by atoms with Gasteiger partial charge in [-0.25, -0.2) is 0 Å². The Labute approximate surface area is 154 Å². The minimum absolute atomic E-state index is 0.0947. The van der Waals surface area contributed by atoms with Crippen molar-refractivity contribution >= 4 is 34.2 Å². The highest BCUT2D eigenvalue weighted by Gasteiger charge is 2.32. The summed E-state index contributed by atoms with van der Waals surface area (Å²) >= 11 is 0. The first-order valence-corrected chi connectivity index (χ1v) is 15.0. The van der Waals surface area contributed by atoms with E-state index in [1.54, 1.807) is 6.92 Å². The van der Waals surface area contributed by atoms with Crippen molar-refractivity contribution in [2.75, 3.05) is 13.1 Å². The SMILES string of the molecule is C=C(C)C(=O)NCCC[Si](C)(C)O[Si](C)(C)CCCNC(=O)C(C)=O. The van der Waals surface area contributed by atoms with Gasteiger partial charge in [0, 0.05) is 25.6 Å². The second-order valence-corrected chi connectivity index (χ2v) is 16.5. The number of nitrogens with one attached hydrogen (secondary N) is 2. The lowest BCUT2D eigenvalue weighted by molar-refractivity contribution is -0.136. The summed E-state index contributed by atoms with van der Waals surface area (Å²) in [4.78, 5) is 33.6. The zero-order chi connectivity index (χ0) is 19.7. The number of Topliss-reactive ketones (excluding diaryl/α,β-unsaturated/α-hetero) is 1. The van der Waals surface area contributed by atoms with Crippen LogP contribution in [0.4, 0.5) is 0 Å². The van der Waals surface area contributed by atoms with Crippen molar-refractivity contribution in [1.29, 1.82) is 0 Å². The average molecular weight is 387 g/mol. The van der Waals surface area contributed by atoms with Gasteiger partial charge >= 0.3 is 0 Å². The molecule has 0 rings (SSSR count). The Bertz CT molecular complexity index is 461. The topological polar surface area (TPSA) is 84.5 Å². The molecule has 0 saturated carbocycles. The molecule has 6 nitrogen and oxygen atoms in total. The van der Waals surface area contributed by atoms with Crippen LogP contribution < -0.4 is 10.6 Å². The highest BCUT2D eigenvalue weighted by molar-refractivity contribution is 6.84. The van der Waals surface area contributed by atoms with Crippen LogP contribution in [0.25, 0.3) is 0 Å². The zero-order valence-corrected chi connectivity index (χ0v) is 18.6. The highest BCUT2D eigenvalue weighted by Crippen LogP contribution is 2.23. The largest absolute Gasteiger partial charge is 0.455 e. The molecule has 2 N–H and O–H groups in total. The van der Waals surface area contributed by atoms with Gasteiger partial charge in [-0.1, -0.05) is 6.58 Å². The van der Waals surface area contributed by atoms with Gasteiger partial charge < -0.3 is 14.7 Å². The predicted molar refractivity (Wildman–Crippen MR) is 106 cm³/mol. The molecule has 0 aliphatic rings. The second-order valence-electron chi connectivity index (χ2n) is 7.68. The Morgan fingerprint density at radius 2 is 1.24 bits per heavy atom. The van der Waals surface area contributed by atoms with Gasteiger partial charge in [-0.15, -0.1) is 0 Å². The molecule has 0 radical (unpaired) electrons. The van der Waals surface area contributed by atoms with Crippen LogP contribution >= 0.6 is 0 Å². The maximum absolute atomic E-state index is 11.5. The monoisotopic (exact) mass is 386 g/mol. The molecule has 144 valence electrons. The Hall–Kier alpha value is -1.26. The van der Waals surface area contributed by atoms with Gasteiger partial charge in [0.05, 0.1) is 0 Å². The predicted octanol–water partition coefficient (Wildman–Crippen LogP) is 2.59. The van der Waals surface area contributed by atoms with Crippen LogP contribution in [0.15, 0.2) is 12.2 Å². The van der Waals surface area contributed by atoms with Crippen LogP contribution in [0.1, 0.15) is 26.7 Å². The smallest absolute Gasteiger partial charge is 0.287 e. The van der Waals surface area contributed by atoms with Gasteiger partial charge in [-0.05, 0) is 58.0 Å². The van der Waals surface area contributed by atoms with E-state index in [-0.39, 0.29) is 5.91 Å². The van der Waals surface area contributed by atoms with Crippen LogP contribution in [-0.2, 0) is 18.5 Å². The highest BCUT2D eigenvalue weighted by atomic mass is 28.4. The summed E-state index contributed by atoms with van der Waals surface area (Å²) in [6, 6.07) is 1.93. The fourth-order valence-corrected chi connectivity index (χ4v) is 11.4. The fourth-order valence-electron chi connectivity index (χ4n) is 2.56. The van der Waals surface area contributed by atoms with Crippen LogP contribution in [0.5, 0.6) is 0 Å². The molecule has 0 unspecified atom stereocenters. The van der Waals surface area contributed by atoms with Crippen molar-refractivity contribution in [1.82, 2.24) is 10.6 Å². The molecule has 0 saturated heterocycles. The van der Waals surface area contributed by atoms with Crippen molar-refractivity contribution in [2.45, 2.75) is 65.0 Å². The first kappa shape index (κ1) is 23.7. The number of ketones is 1. The maximum atomic E-state index is 11.5. The van der Waals surface area contributed by atoms with Gasteiger partial charge in [-0.2, -0.15) is 0 Å². The van der Waals surface area contributed by atoms with Crippen molar-refractivity contribution < 1.29 is 18.5 Å². The fraction of sp³-hybridized carbons (Fsp3) is 0.706. The first-order valence-electron chi connectivity index (χ1n) is 8.79. The van der Waals surface area contributed by atoms with Gasteiger partial charge in [-0.3, -0.25) is 14.4 Å². The van der Waals surface area contributed by atoms with Crippen molar-refractivity contribution in [2.24, 2.45) is 0 Å². The number of carbonyl (C=O) groups is 3. The van der Waals surface area contributed by atoms with Crippen LogP contribution in [0.3, 0.4) is 0 Å². The lowest BCUT2D eigenvalue weighted by atomic mass is 10.3. The summed E-state index contributed by atoms with van der Waals surface area (Å²) in [5.74, 6) is -1.07. The van der Waals surface area contributed by atoms with E-state index in [2.05, 4.69) is 43.4 Å². The molecule has 0 bridgehead atoms. The summed E-state index contributed by atoms with van der Waals surface area (Å²) in [5.41, 5.74) is 0.526. The van der Waals surface area contributed by atoms with Crippen molar-refractivity contribution in [3.05, 3.63) is 12.2 Å². The molecule has 8 heteroatoms. The zero-order valence-electron chi connectivity index (χ0n) is 16.6. The van der Waals surface area contributed by atoms with Gasteiger partial charge in [0.1, 0.15) is 0 Å². The molecule has 0 heterocycles. The lowest BCUT2D eigenvalue weighted by Gasteiger charge is -2.34.